The van der Waals surface area contributed by atoms with E-state index >= 15 is 0 Å². The number of benzene rings is 4. The van der Waals surface area contributed by atoms with E-state index in [0.29, 0.717) is 53.3 Å². The van der Waals surface area contributed by atoms with Crippen LogP contribution in [0.15, 0.2) is 119 Å². The Hall–Kier alpha value is -5.58. The molecule has 8 rings (SSSR count). The SMILES string of the molecule is C.CC(C)(C)NS(=O)(=O)c1ccccc1-c1ccc(C(=O)[O-])cc1.Cc1ncc(CN)c2c1OC(C)(C)OC2.Cc1ncc(CNC(=O)c2ccc(-c3ccccc3S(=O)(=O)NC(C)(C)C)cc2)c2c1OC(C)(C)OC2.[Na+]. The van der Waals surface area contributed by atoms with Crippen molar-refractivity contribution in [2.45, 2.75) is 149 Å². The smallest absolute Gasteiger partial charge is 0.545 e. The van der Waals surface area contributed by atoms with Crippen LogP contribution in [0.5, 0.6) is 11.5 Å². The summed E-state index contributed by atoms with van der Waals surface area (Å²) in [6.45, 7) is 23.6. The molecule has 20 heteroatoms. The Balaban J connectivity index is 0.000000272. The third-order valence-electron chi connectivity index (χ3n) is 11.4. The van der Waals surface area contributed by atoms with Crippen LogP contribution in [-0.2, 0) is 55.8 Å². The van der Waals surface area contributed by atoms with Gasteiger partial charge in [-0.3, -0.25) is 14.8 Å². The number of hydrogen-bond acceptors (Lipinski definition) is 14. The molecule has 17 nitrogen and oxygen atoms in total. The molecule has 0 bridgehead atoms. The average Bonchev–Trinajstić information content (AvgIpc) is 3.33. The molecule has 0 saturated heterocycles. The van der Waals surface area contributed by atoms with Crippen LogP contribution in [0.25, 0.3) is 22.3 Å². The van der Waals surface area contributed by atoms with E-state index in [1.54, 1.807) is 133 Å². The minimum atomic E-state index is -3.74. The maximum absolute atomic E-state index is 13.0. The zero-order chi connectivity index (χ0) is 55.3. The second kappa shape index (κ2) is 25.5. The standard InChI is InChI=1S/C28H33N3O5S.C17H19NO4S.C11H16N2O2.CH4.Na/c1-18-25-23(17-35-28(5,6)36-25)21(15-29-18)16-30-26(32)20-13-11-19(12-14-20)22-9-7-8-10-24(22)37(33,34)31-27(2,3)4;1-17(2,3)18-23(21,22)15-7-5-4-6-14(15)12-8-10-13(11-9-12)16(19)20;1-7-10-9(8(4-12)5-13-7)6-14-11(2,3)15-10;;/h7-15,31H,16-17H2,1-6H3,(H,30,32);4-11,18H,1-3H3,(H,19,20);5H,4,6,12H2,1-3H3;1H4;/q;;;;+1/p-1. The van der Waals surface area contributed by atoms with Crippen molar-refractivity contribution < 1.29 is 80.0 Å². The van der Waals surface area contributed by atoms with Crippen LogP contribution >= 0.6 is 0 Å². The van der Waals surface area contributed by atoms with Crippen molar-refractivity contribution in [3.05, 3.63) is 154 Å². The Morgan fingerprint density at radius 3 is 1.39 bits per heavy atom. The van der Waals surface area contributed by atoms with E-state index in [4.69, 9.17) is 24.7 Å². The van der Waals surface area contributed by atoms with E-state index in [1.165, 1.54) is 18.2 Å². The number of sulfonamides is 2. The predicted molar refractivity (Wildman–Crippen MR) is 291 cm³/mol. The molecule has 1 amide bonds. The first-order chi connectivity index (χ1) is 34.9. The maximum Gasteiger partial charge on any atom is 1.00 e. The number of aromatic nitrogens is 2. The van der Waals surface area contributed by atoms with Crippen LogP contribution in [0.1, 0.15) is 131 Å². The monoisotopic (exact) mass is 1100 g/mol. The fraction of sp³-hybridized carbons (Fsp3) is 0.368. The van der Waals surface area contributed by atoms with E-state index in [2.05, 4.69) is 24.7 Å². The fourth-order valence-electron chi connectivity index (χ4n) is 7.97. The molecule has 2 aliphatic heterocycles. The number of carboxylic acids is 1. The second-order valence-electron chi connectivity index (χ2n) is 21.0. The molecule has 6 aromatic rings. The van der Waals surface area contributed by atoms with E-state index in [0.717, 1.165) is 39.4 Å². The van der Waals surface area contributed by atoms with Gasteiger partial charge in [0.1, 0.15) is 11.5 Å². The molecule has 5 N–H and O–H groups in total. The average molecular weight is 1100 g/mol. The summed E-state index contributed by atoms with van der Waals surface area (Å²) in [5, 5.41) is 13.7. The normalized spacial score (nSPS) is 14.4. The van der Waals surface area contributed by atoms with Crippen molar-refractivity contribution >= 4 is 31.9 Å². The van der Waals surface area contributed by atoms with Crippen molar-refractivity contribution in [2.24, 2.45) is 5.73 Å². The van der Waals surface area contributed by atoms with Crippen LogP contribution < -0.4 is 64.6 Å². The number of nitrogens with zero attached hydrogens (tertiary/aromatic N) is 2. The van der Waals surface area contributed by atoms with Crippen LogP contribution in [0.3, 0.4) is 0 Å². The number of nitrogens with two attached hydrogens (primary N) is 1. The summed E-state index contributed by atoms with van der Waals surface area (Å²) in [6, 6.07) is 26.2. The number of hydrogen-bond donors (Lipinski definition) is 4. The first-order valence-electron chi connectivity index (χ1n) is 24.2. The Labute approximate surface area is 476 Å². The van der Waals surface area contributed by atoms with Gasteiger partial charge < -0.3 is 39.9 Å². The quantitative estimate of drug-likeness (QED) is 0.115. The molecule has 0 saturated carbocycles. The molecule has 4 heterocycles. The number of rotatable bonds is 11. The van der Waals surface area contributed by atoms with Gasteiger partial charge in [-0.05, 0) is 107 Å². The van der Waals surface area contributed by atoms with Gasteiger partial charge in [-0.15, -0.1) is 0 Å². The Bertz CT molecular complexity index is 3280. The van der Waals surface area contributed by atoms with Gasteiger partial charge in [-0.25, -0.2) is 26.3 Å². The molecular weight excluding hydrogens is 1030 g/mol. The first kappa shape index (κ1) is 63.9. The summed E-state index contributed by atoms with van der Waals surface area (Å²) < 4.78 is 79.6. The van der Waals surface area contributed by atoms with Crippen LogP contribution in [0.4, 0.5) is 0 Å². The molecule has 408 valence electrons. The molecule has 0 unspecified atom stereocenters. The number of carboxylic acid groups (broad SMARTS) is 1. The van der Waals surface area contributed by atoms with Crippen molar-refractivity contribution in [2.75, 3.05) is 0 Å². The number of nitrogens with one attached hydrogen (secondary N) is 3. The summed E-state index contributed by atoms with van der Waals surface area (Å²) in [6.07, 6.45) is 3.52. The number of aryl methyl sites for hydroxylation is 2. The van der Waals surface area contributed by atoms with E-state index in [1.807, 2.05) is 41.5 Å². The summed E-state index contributed by atoms with van der Waals surface area (Å²) >= 11 is 0. The molecular formula is C57H71N6NaO11S2. The first-order valence-corrected chi connectivity index (χ1v) is 27.1. The summed E-state index contributed by atoms with van der Waals surface area (Å²) in [7, 11) is -7.44. The van der Waals surface area contributed by atoms with E-state index in [9.17, 15) is 31.5 Å². The Kier molecular flexibility index (Phi) is 21.2. The molecule has 4 aromatic carbocycles. The van der Waals surface area contributed by atoms with Crippen molar-refractivity contribution in [1.82, 2.24) is 24.7 Å². The molecule has 77 heavy (non-hydrogen) atoms. The van der Waals surface area contributed by atoms with Gasteiger partial charge >= 0.3 is 29.6 Å². The van der Waals surface area contributed by atoms with Crippen LogP contribution in [0.2, 0.25) is 0 Å². The summed E-state index contributed by atoms with van der Waals surface area (Å²) in [5.74, 6) is -1.31. The molecule has 2 aliphatic rings. The number of ether oxygens (including phenoxy) is 4. The fourth-order valence-corrected chi connectivity index (χ4v) is 11.3. The van der Waals surface area contributed by atoms with E-state index in [-0.39, 0.29) is 64.8 Å². The molecule has 2 aromatic heterocycles. The van der Waals surface area contributed by atoms with Gasteiger partial charge in [0.2, 0.25) is 31.6 Å². The van der Waals surface area contributed by atoms with Crippen molar-refractivity contribution in [3.8, 4) is 33.8 Å². The minimum Gasteiger partial charge on any atom is -0.545 e. The molecule has 0 fully saturated rings. The third-order valence-corrected chi connectivity index (χ3v) is 15.0. The number of pyridine rings is 2. The zero-order valence-electron chi connectivity index (χ0n) is 45.5. The second-order valence-corrected chi connectivity index (χ2v) is 24.3. The van der Waals surface area contributed by atoms with Gasteiger partial charge in [0, 0.05) is 92.1 Å². The van der Waals surface area contributed by atoms with Crippen LogP contribution in [0, 0.1) is 13.8 Å². The van der Waals surface area contributed by atoms with Gasteiger partial charge in [0.05, 0.1) is 40.4 Å². The van der Waals surface area contributed by atoms with Gasteiger partial charge in [0.15, 0.2) is 0 Å². The van der Waals surface area contributed by atoms with Gasteiger partial charge in [-0.1, -0.05) is 80.2 Å². The van der Waals surface area contributed by atoms with Crippen molar-refractivity contribution in [3.63, 3.8) is 0 Å². The molecule has 0 spiro atoms. The van der Waals surface area contributed by atoms with Gasteiger partial charge in [-0.2, -0.15) is 0 Å². The number of carbonyl (C=O) groups excluding carboxylic acids is 2. The molecule has 0 atom stereocenters. The number of carbonyl (C=O) groups is 2. The maximum atomic E-state index is 13.0. The summed E-state index contributed by atoms with van der Waals surface area (Å²) in [4.78, 5) is 32.7. The topological polar surface area (TPSA) is 250 Å². The zero-order valence-corrected chi connectivity index (χ0v) is 49.1. The van der Waals surface area contributed by atoms with Crippen LogP contribution in [-0.4, -0.2) is 61.3 Å². The largest absolute Gasteiger partial charge is 1.00 e. The Morgan fingerprint density at radius 2 is 1.00 bits per heavy atom. The number of aromatic carboxylic acids is 1. The van der Waals surface area contributed by atoms with Crippen molar-refractivity contribution in [1.29, 1.82) is 0 Å². The minimum absolute atomic E-state index is 0. The number of fused-ring (bicyclic) bond motifs is 2. The molecule has 0 aliphatic carbocycles. The van der Waals surface area contributed by atoms with E-state index < -0.39 is 48.7 Å². The Morgan fingerprint density at radius 1 is 0.623 bits per heavy atom. The molecule has 0 radical (unpaired) electrons. The third kappa shape index (κ3) is 17.0. The summed E-state index contributed by atoms with van der Waals surface area (Å²) in [5.41, 5.74) is 12.7. The predicted octanol–water partition coefficient (Wildman–Crippen LogP) is 5.64. The van der Waals surface area contributed by atoms with Gasteiger partial charge in [0.25, 0.3) is 5.91 Å². The number of amides is 1.